The van der Waals surface area contributed by atoms with E-state index in [9.17, 15) is 4.57 Å². The molecule has 0 aromatic carbocycles. The van der Waals surface area contributed by atoms with Crippen LogP contribution in [-0.4, -0.2) is 4.89 Å². The Kier molecular flexibility index (Phi) is 2.14. The van der Waals surface area contributed by atoms with Crippen molar-refractivity contribution < 1.29 is 9.46 Å². The smallest absolute Gasteiger partial charge is 0.213 e. The first-order valence-corrected chi connectivity index (χ1v) is 2.74. The van der Waals surface area contributed by atoms with Crippen molar-refractivity contribution in [2.24, 2.45) is 0 Å². The van der Waals surface area contributed by atoms with Crippen LogP contribution in [0.5, 0.6) is 0 Å². The fourth-order valence-electron chi connectivity index (χ4n) is 0. The Morgan fingerprint density at radius 2 is 2.00 bits per heavy atom. The summed E-state index contributed by atoms with van der Waals surface area (Å²) >= 11 is 0. The zero-order valence-corrected chi connectivity index (χ0v) is 4.27. The van der Waals surface area contributed by atoms with Crippen LogP contribution in [0, 0.1) is 6.92 Å². The minimum Gasteiger partial charge on any atom is -0.343 e. The normalized spacial score (nSPS) is 13.7. The molecule has 0 saturated carbocycles. The van der Waals surface area contributed by atoms with Gasteiger partial charge < -0.3 is 4.89 Å². The van der Waals surface area contributed by atoms with Gasteiger partial charge in [-0.2, -0.15) is 0 Å². The topological polar surface area (TPSA) is 37.3 Å². The maximum Gasteiger partial charge on any atom is 0.213 e. The number of rotatable bonds is 1. The van der Waals surface area contributed by atoms with Gasteiger partial charge in [-0.15, -0.1) is 0 Å². The molecule has 0 aliphatic rings. The quantitative estimate of drug-likeness (QED) is 0.501. The van der Waals surface area contributed by atoms with Crippen LogP contribution in [-0.2, 0) is 4.57 Å². The molecule has 1 atom stereocenters. The molecule has 1 radical (unpaired) electrons. The average molecular weight is 105 g/mol. The molecule has 35 valence electrons. The zero-order valence-electron chi connectivity index (χ0n) is 3.27. The lowest BCUT2D eigenvalue weighted by Crippen LogP contribution is -1.55. The van der Waals surface area contributed by atoms with E-state index in [2.05, 4.69) is 13.5 Å². The zero-order chi connectivity index (χ0) is 5.15. The van der Waals surface area contributed by atoms with Crippen LogP contribution in [0.1, 0.15) is 0 Å². The molecular weight excluding hydrogens is 99.0 g/mol. The van der Waals surface area contributed by atoms with Crippen molar-refractivity contribution in [3.8, 4) is 0 Å². The van der Waals surface area contributed by atoms with E-state index >= 15 is 0 Å². The summed E-state index contributed by atoms with van der Waals surface area (Å²) < 4.78 is 9.72. The number of hydrogen-bond acceptors (Lipinski definition) is 1. The monoisotopic (exact) mass is 105 g/mol. The van der Waals surface area contributed by atoms with E-state index in [-0.39, 0.29) is 5.31 Å². The third-order valence-electron chi connectivity index (χ3n) is 0.302. The second-order valence-corrected chi connectivity index (χ2v) is 2.23. The Hall–Kier alpha value is -0.0700. The summed E-state index contributed by atoms with van der Waals surface area (Å²) in [5.41, 5.74) is 0. The first-order valence-electron chi connectivity index (χ1n) is 1.38. The lowest BCUT2D eigenvalue weighted by atomic mass is 10.8. The summed E-state index contributed by atoms with van der Waals surface area (Å²) in [6.07, 6.45) is 0. The van der Waals surface area contributed by atoms with E-state index < -0.39 is 8.03 Å². The molecule has 0 bridgehead atoms. The largest absolute Gasteiger partial charge is 0.343 e. The highest BCUT2D eigenvalue weighted by molar-refractivity contribution is 7.43. The molecular formula is C3H6O2P. The summed E-state index contributed by atoms with van der Waals surface area (Å²) in [4.78, 5) is 8.01. The van der Waals surface area contributed by atoms with Gasteiger partial charge in [0.15, 0.2) is 0 Å². The van der Waals surface area contributed by atoms with E-state index in [1.165, 1.54) is 0 Å². The molecule has 3 heteroatoms. The third kappa shape index (κ3) is 2.18. The van der Waals surface area contributed by atoms with Crippen LogP contribution in [0.2, 0.25) is 0 Å². The molecule has 0 aromatic rings. The molecule has 0 spiro atoms. The van der Waals surface area contributed by atoms with Crippen molar-refractivity contribution in [1.82, 2.24) is 0 Å². The predicted octanol–water partition coefficient (Wildman–Crippen LogP) is 0.801. The highest BCUT2D eigenvalue weighted by Gasteiger charge is 1.85. The van der Waals surface area contributed by atoms with Crippen LogP contribution in [0.25, 0.3) is 0 Å². The fraction of sp³-hybridized carbons (Fsp3) is 0. The Labute approximate surface area is 37.4 Å². The molecule has 0 heterocycles. The van der Waals surface area contributed by atoms with Crippen LogP contribution in [0.3, 0.4) is 0 Å². The van der Waals surface area contributed by atoms with Gasteiger partial charge in [0.1, 0.15) is 0 Å². The van der Waals surface area contributed by atoms with E-state index in [0.29, 0.717) is 0 Å². The van der Waals surface area contributed by atoms with Gasteiger partial charge in [-0.25, -0.2) is 0 Å². The Bertz CT molecular complexity index is 74.8. The summed E-state index contributed by atoms with van der Waals surface area (Å²) in [6.45, 7) is 6.25. The Morgan fingerprint density at radius 3 is 2.00 bits per heavy atom. The predicted molar refractivity (Wildman–Crippen MR) is 25.7 cm³/mol. The molecule has 1 unspecified atom stereocenters. The van der Waals surface area contributed by atoms with Crippen LogP contribution in [0.15, 0.2) is 11.9 Å². The Morgan fingerprint density at radius 1 is 1.83 bits per heavy atom. The summed E-state index contributed by atoms with van der Waals surface area (Å²) in [5.74, 6) is 0. The SMILES string of the molecule is [CH2]C(=C)[PH](=O)O. The first-order chi connectivity index (χ1) is 2.64. The number of allylic oxidation sites excluding steroid dienone is 1. The summed E-state index contributed by atoms with van der Waals surface area (Å²) in [6, 6.07) is 0. The highest BCUT2D eigenvalue weighted by atomic mass is 31.1. The molecule has 0 amide bonds. The summed E-state index contributed by atoms with van der Waals surface area (Å²) in [7, 11) is -2.51. The van der Waals surface area contributed by atoms with Gasteiger partial charge in [-0.1, -0.05) is 6.58 Å². The van der Waals surface area contributed by atoms with Gasteiger partial charge in [0.2, 0.25) is 8.03 Å². The molecule has 0 rings (SSSR count). The van der Waals surface area contributed by atoms with Crippen molar-refractivity contribution in [2.75, 3.05) is 0 Å². The van der Waals surface area contributed by atoms with E-state index in [1.54, 1.807) is 0 Å². The standard InChI is InChI=1S/C3H6O2P/c1-3(2)6(4)5/h6H,1-2H2,(H,4,5). The van der Waals surface area contributed by atoms with Crippen LogP contribution in [0.4, 0.5) is 0 Å². The van der Waals surface area contributed by atoms with Crippen molar-refractivity contribution in [3.63, 3.8) is 0 Å². The second-order valence-electron chi connectivity index (χ2n) is 0.909. The van der Waals surface area contributed by atoms with Gasteiger partial charge in [0, 0.05) is 5.31 Å². The third-order valence-corrected chi connectivity index (χ3v) is 0.907. The molecule has 0 saturated heterocycles. The van der Waals surface area contributed by atoms with E-state index in [4.69, 9.17) is 4.89 Å². The minimum atomic E-state index is -2.51. The van der Waals surface area contributed by atoms with E-state index in [0.717, 1.165) is 0 Å². The van der Waals surface area contributed by atoms with Crippen molar-refractivity contribution in [2.45, 2.75) is 0 Å². The van der Waals surface area contributed by atoms with Gasteiger partial charge >= 0.3 is 0 Å². The van der Waals surface area contributed by atoms with E-state index in [1.807, 2.05) is 0 Å². The molecule has 2 nitrogen and oxygen atoms in total. The average Bonchev–Trinajstić information content (AvgIpc) is 1.36. The van der Waals surface area contributed by atoms with Crippen molar-refractivity contribution in [3.05, 3.63) is 18.8 Å². The maximum absolute atomic E-state index is 9.72. The number of hydrogen-bond donors (Lipinski definition) is 1. The van der Waals surface area contributed by atoms with Gasteiger partial charge in [0.05, 0.1) is 0 Å². The lowest BCUT2D eigenvalue weighted by molar-refractivity contribution is 0.511. The molecule has 0 aliphatic carbocycles. The van der Waals surface area contributed by atoms with Gasteiger partial charge in [-0.3, -0.25) is 4.57 Å². The van der Waals surface area contributed by atoms with Gasteiger partial charge in [0.25, 0.3) is 0 Å². The summed E-state index contributed by atoms with van der Waals surface area (Å²) in [5, 5.41) is 0.111. The second kappa shape index (κ2) is 2.17. The van der Waals surface area contributed by atoms with Crippen LogP contribution < -0.4 is 0 Å². The first kappa shape index (κ1) is 5.93. The Balaban J connectivity index is 3.57. The molecule has 0 aliphatic heterocycles. The highest BCUT2D eigenvalue weighted by Crippen LogP contribution is 2.22. The fourth-order valence-corrected chi connectivity index (χ4v) is 0. The molecule has 0 fully saturated rings. The van der Waals surface area contributed by atoms with Crippen molar-refractivity contribution >= 4 is 8.03 Å². The molecule has 6 heavy (non-hydrogen) atoms. The maximum atomic E-state index is 9.72. The van der Waals surface area contributed by atoms with Crippen LogP contribution >= 0.6 is 8.03 Å². The minimum absolute atomic E-state index is 0.111. The van der Waals surface area contributed by atoms with Crippen molar-refractivity contribution in [1.29, 1.82) is 0 Å². The molecule has 1 N–H and O–H groups in total. The lowest BCUT2D eigenvalue weighted by Gasteiger charge is -1.82. The molecule has 0 aromatic heterocycles. The van der Waals surface area contributed by atoms with Gasteiger partial charge in [-0.05, 0) is 6.92 Å².